The van der Waals surface area contributed by atoms with Crippen LogP contribution in [0.25, 0.3) is 0 Å². The highest BCUT2D eigenvalue weighted by Gasteiger charge is 2.21. The fraction of sp³-hybridized carbons (Fsp3) is 0.391. The predicted octanol–water partition coefficient (Wildman–Crippen LogP) is 2.82. The number of benzene rings is 2. The molecule has 0 radical (unpaired) electrons. The Morgan fingerprint density at radius 2 is 1.69 bits per heavy atom. The largest absolute Gasteiger partial charge is 0.508 e. The van der Waals surface area contributed by atoms with Gasteiger partial charge in [0.2, 0.25) is 0 Å². The van der Waals surface area contributed by atoms with Crippen molar-refractivity contribution in [1.29, 1.82) is 0 Å². The molecule has 9 heteroatoms. The van der Waals surface area contributed by atoms with E-state index in [0.29, 0.717) is 43.6 Å². The van der Waals surface area contributed by atoms with Gasteiger partial charge in [0.1, 0.15) is 17.2 Å². The second-order valence-corrected chi connectivity index (χ2v) is 6.95. The number of aromatic hydroxyl groups is 1. The Balaban J connectivity index is 1.73. The SMILES string of the molecule is CCOc1cc(N2CCOCC2)c(OCC)cc1NC(=O)COC(=O)c1ccc(O)cc1. The molecular weight excluding hydrogens is 416 g/mol. The molecule has 0 aromatic heterocycles. The summed E-state index contributed by atoms with van der Waals surface area (Å²) in [5, 5.41) is 12.0. The van der Waals surface area contributed by atoms with Crippen LogP contribution in [0.3, 0.4) is 0 Å². The first kappa shape index (κ1) is 23.2. The number of phenolic OH excluding ortho intramolecular Hbond substituents is 1. The molecule has 9 nitrogen and oxygen atoms in total. The summed E-state index contributed by atoms with van der Waals surface area (Å²) in [6, 6.07) is 9.15. The van der Waals surface area contributed by atoms with Crippen molar-refractivity contribution in [2.24, 2.45) is 0 Å². The molecule has 1 saturated heterocycles. The highest BCUT2D eigenvalue weighted by molar-refractivity contribution is 5.97. The van der Waals surface area contributed by atoms with E-state index in [1.165, 1.54) is 24.3 Å². The molecule has 0 atom stereocenters. The Kier molecular flexibility index (Phi) is 8.15. The van der Waals surface area contributed by atoms with E-state index in [0.717, 1.165) is 18.8 Å². The van der Waals surface area contributed by atoms with Crippen molar-refractivity contribution in [3.05, 3.63) is 42.0 Å². The lowest BCUT2D eigenvalue weighted by Gasteiger charge is -2.31. The van der Waals surface area contributed by atoms with Gasteiger partial charge in [-0.2, -0.15) is 0 Å². The van der Waals surface area contributed by atoms with Crippen molar-refractivity contribution >= 4 is 23.3 Å². The monoisotopic (exact) mass is 444 g/mol. The molecule has 1 fully saturated rings. The van der Waals surface area contributed by atoms with Gasteiger partial charge in [0.15, 0.2) is 6.61 Å². The molecule has 2 N–H and O–H groups in total. The average Bonchev–Trinajstić information content (AvgIpc) is 2.80. The van der Waals surface area contributed by atoms with E-state index < -0.39 is 18.5 Å². The quantitative estimate of drug-likeness (QED) is 0.569. The van der Waals surface area contributed by atoms with Crippen LogP contribution < -0.4 is 19.7 Å². The van der Waals surface area contributed by atoms with Crippen molar-refractivity contribution in [2.75, 3.05) is 56.3 Å². The first-order valence-electron chi connectivity index (χ1n) is 10.5. The van der Waals surface area contributed by atoms with Gasteiger partial charge >= 0.3 is 5.97 Å². The molecule has 2 aromatic rings. The Morgan fingerprint density at radius 1 is 1.03 bits per heavy atom. The second kappa shape index (κ2) is 11.2. The van der Waals surface area contributed by atoms with Crippen LogP contribution >= 0.6 is 0 Å². The van der Waals surface area contributed by atoms with Gasteiger partial charge in [0.25, 0.3) is 5.91 Å². The van der Waals surface area contributed by atoms with Gasteiger partial charge in [-0.05, 0) is 38.1 Å². The molecule has 32 heavy (non-hydrogen) atoms. The molecule has 1 heterocycles. The molecular formula is C23H28N2O7. The molecule has 3 rings (SSSR count). The number of esters is 1. The second-order valence-electron chi connectivity index (χ2n) is 6.95. The molecule has 1 amide bonds. The summed E-state index contributed by atoms with van der Waals surface area (Å²) in [6.07, 6.45) is 0. The zero-order chi connectivity index (χ0) is 22.9. The summed E-state index contributed by atoms with van der Waals surface area (Å²) in [5.74, 6) is -0.0271. The van der Waals surface area contributed by atoms with E-state index in [1.807, 2.05) is 19.9 Å². The Bertz CT molecular complexity index is 925. The number of hydrogen-bond acceptors (Lipinski definition) is 8. The maximum absolute atomic E-state index is 12.5. The van der Waals surface area contributed by atoms with Crippen molar-refractivity contribution in [3.63, 3.8) is 0 Å². The molecule has 2 aromatic carbocycles. The van der Waals surface area contributed by atoms with Gasteiger partial charge in [0, 0.05) is 25.2 Å². The van der Waals surface area contributed by atoms with Crippen molar-refractivity contribution in [1.82, 2.24) is 0 Å². The van der Waals surface area contributed by atoms with Crippen LogP contribution in [0.1, 0.15) is 24.2 Å². The maximum atomic E-state index is 12.5. The normalized spacial score (nSPS) is 13.4. The van der Waals surface area contributed by atoms with E-state index >= 15 is 0 Å². The van der Waals surface area contributed by atoms with E-state index in [2.05, 4.69) is 10.2 Å². The average molecular weight is 444 g/mol. The minimum Gasteiger partial charge on any atom is -0.508 e. The van der Waals surface area contributed by atoms with Crippen molar-refractivity contribution in [3.8, 4) is 17.2 Å². The first-order valence-corrected chi connectivity index (χ1v) is 10.5. The number of morpholine rings is 1. The van der Waals surface area contributed by atoms with E-state index in [1.54, 1.807) is 6.07 Å². The van der Waals surface area contributed by atoms with Crippen LogP contribution in [0, 0.1) is 0 Å². The van der Waals surface area contributed by atoms with E-state index in [9.17, 15) is 14.7 Å². The lowest BCUT2D eigenvalue weighted by Crippen LogP contribution is -2.36. The number of rotatable bonds is 9. The van der Waals surface area contributed by atoms with Crippen molar-refractivity contribution < 1.29 is 33.6 Å². The van der Waals surface area contributed by atoms with Crippen LogP contribution in [0.4, 0.5) is 11.4 Å². The number of amides is 1. The smallest absolute Gasteiger partial charge is 0.338 e. The van der Waals surface area contributed by atoms with Gasteiger partial charge in [-0.1, -0.05) is 0 Å². The Morgan fingerprint density at radius 3 is 2.34 bits per heavy atom. The molecule has 0 spiro atoms. The number of carbonyl (C=O) groups excluding carboxylic acids is 2. The lowest BCUT2D eigenvalue weighted by molar-refractivity contribution is -0.119. The van der Waals surface area contributed by atoms with Crippen LogP contribution in [0.5, 0.6) is 17.2 Å². The van der Waals surface area contributed by atoms with Crippen LogP contribution in [0.15, 0.2) is 36.4 Å². The lowest BCUT2D eigenvalue weighted by atomic mass is 10.2. The Hall–Kier alpha value is -3.46. The van der Waals surface area contributed by atoms with Crippen LogP contribution in [-0.4, -0.2) is 63.1 Å². The molecule has 1 aliphatic rings. The zero-order valence-corrected chi connectivity index (χ0v) is 18.3. The van der Waals surface area contributed by atoms with Gasteiger partial charge < -0.3 is 34.3 Å². The van der Waals surface area contributed by atoms with Crippen LogP contribution in [0.2, 0.25) is 0 Å². The number of phenols is 1. The summed E-state index contributed by atoms with van der Waals surface area (Å²) in [5.41, 5.74) is 1.53. The number of carbonyl (C=O) groups is 2. The molecule has 0 bridgehead atoms. The standard InChI is InChI=1S/C23H28N2O7/c1-3-30-20-14-19(25-9-11-29-12-10-25)21(31-4-2)13-18(20)24-22(27)15-32-23(28)16-5-7-17(26)8-6-16/h5-8,13-14,26H,3-4,9-12,15H2,1-2H3,(H,24,27). The summed E-state index contributed by atoms with van der Waals surface area (Å²) in [6.45, 7) is 6.85. The molecule has 0 unspecified atom stereocenters. The van der Waals surface area contributed by atoms with Gasteiger partial charge in [-0.15, -0.1) is 0 Å². The van der Waals surface area contributed by atoms with Gasteiger partial charge in [-0.25, -0.2) is 4.79 Å². The highest BCUT2D eigenvalue weighted by Crippen LogP contribution is 2.39. The molecule has 0 saturated carbocycles. The summed E-state index contributed by atoms with van der Waals surface area (Å²) in [4.78, 5) is 26.7. The first-order chi connectivity index (χ1) is 15.5. The number of hydrogen-bond donors (Lipinski definition) is 2. The zero-order valence-electron chi connectivity index (χ0n) is 18.3. The number of nitrogens with zero attached hydrogens (tertiary/aromatic N) is 1. The topological polar surface area (TPSA) is 107 Å². The van der Waals surface area contributed by atoms with E-state index in [4.69, 9.17) is 18.9 Å². The highest BCUT2D eigenvalue weighted by atomic mass is 16.5. The van der Waals surface area contributed by atoms with E-state index in [-0.39, 0.29) is 11.3 Å². The summed E-state index contributed by atoms with van der Waals surface area (Å²) < 4.78 is 22.1. The fourth-order valence-electron chi connectivity index (χ4n) is 3.24. The minimum atomic E-state index is -0.664. The third-order valence-corrected chi connectivity index (χ3v) is 4.72. The summed E-state index contributed by atoms with van der Waals surface area (Å²) >= 11 is 0. The number of ether oxygens (including phenoxy) is 4. The number of anilines is 2. The number of nitrogens with one attached hydrogen (secondary N) is 1. The third kappa shape index (κ3) is 6.04. The predicted molar refractivity (Wildman–Crippen MR) is 119 cm³/mol. The molecule has 172 valence electrons. The summed E-state index contributed by atoms with van der Waals surface area (Å²) in [7, 11) is 0. The third-order valence-electron chi connectivity index (χ3n) is 4.72. The minimum absolute atomic E-state index is 0.0355. The fourth-order valence-corrected chi connectivity index (χ4v) is 3.24. The van der Waals surface area contributed by atoms with Gasteiger partial charge in [-0.3, -0.25) is 4.79 Å². The van der Waals surface area contributed by atoms with Gasteiger partial charge in [0.05, 0.1) is 43.4 Å². The maximum Gasteiger partial charge on any atom is 0.338 e. The molecule has 0 aliphatic carbocycles. The Labute approximate surface area is 186 Å². The molecule has 1 aliphatic heterocycles. The van der Waals surface area contributed by atoms with Crippen LogP contribution in [-0.2, 0) is 14.3 Å². The van der Waals surface area contributed by atoms with Crippen molar-refractivity contribution in [2.45, 2.75) is 13.8 Å².